The van der Waals surface area contributed by atoms with E-state index >= 15 is 0 Å². The van der Waals surface area contributed by atoms with Gasteiger partial charge in [-0.25, -0.2) is 0 Å². The number of nitrogens with one attached hydrogen (secondary N) is 1. The Morgan fingerprint density at radius 3 is 2.67 bits per heavy atom. The maximum atomic E-state index is 11.9. The molecular weight excluding hydrogens is 282 g/mol. The van der Waals surface area contributed by atoms with Gasteiger partial charge in [-0.3, -0.25) is 4.79 Å². The highest BCUT2D eigenvalue weighted by atomic mass is 32.1. The molecule has 4 nitrogen and oxygen atoms in total. The van der Waals surface area contributed by atoms with Gasteiger partial charge in [0.25, 0.3) is 0 Å². The summed E-state index contributed by atoms with van der Waals surface area (Å²) >= 11 is 1.50. The zero-order valence-electron chi connectivity index (χ0n) is 12.3. The topological polar surface area (TPSA) is 54.9 Å². The van der Waals surface area contributed by atoms with E-state index in [1.807, 2.05) is 19.9 Å². The fourth-order valence-corrected chi connectivity index (χ4v) is 3.40. The van der Waals surface area contributed by atoms with Crippen LogP contribution in [0.2, 0.25) is 0 Å². The summed E-state index contributed by atoms with van der Waals surface area (Å²) in [7, 11) is 0. The monoisotopic (exact) mass is 301 g/mol. The van der Waals surface area contributed by atoms with Crippen molar-refractivity contribution in [2.75, 3.05) is 5.32 Å². The lowest BCUT2D eigenvalue weighted by atomic mass is 9.97. The smallest absolute Gasteiger partial charge is 0.229 e. The highest BCUT2D eigenvalue weighted by molar-refractivity contribution is 7.15. The predicted octanol–water partition coefficient (Wildman–Crippen LogP) is 3.60. The number of rotatable bonds is 5. The first-order valence-corrected chi connectivity index (χ1v) is 8.18. The first-order chi connectivity index (χ1) is 10.2. The van der Waals surface area contributed by atoms with Crippen LogP contribution in [0.15, 0.2) is 30.3 Å². The normalized spacial score (nSPS) is 17.2. The minimum Gasteiger partial charge on any atom is -0.300 e. The van der Waals surface area contributed by atoms with Crippen LogP contribution in [0, 0.1) is 5.92 Å². The van der Waals surface area contributed by atoms with E-state index in [9.17, 15) is 4.79 Å². The lowest BCUT2D eigenvalue weighted by Crippen LogP contribution is -2.19. The van der Waals surface area contributed by atoms with Crippen LogP contribution in [0.3, 0.4) is 0 Å². The molecule has 1 heterocycles. The lowest BCUT2D eigenvalue weighted by Gasteiger charge is -2.11. The van der Waals surface area contributed by atoms with Crippen LogP contribution in [-0.4, -0.2) is 16.1 Å². The summed E-state index contributed by atoms with van der Waals surface area (Å²) in [5.41, 5.74) is 1.32. The molecule has 1 fully saturated rings. The summed E-state index contributed by atoms with van der Waals surface area (Å²) in [5, 5.41) is 12.9. The van der Waals surface area contributed by atoms with Gasteiger partial charge in [-0.2, -0.15) is 0 Å². The number of hydrogen-bond donors (Lipinski definition) is 1. The Bertz CT molecular complexity index is 634. The van der Waals surface area contributed by atoms with E-state index in [1.165, 1.54) is 16.9 Å². The first kappa shape index (κ1) is 14.2. The zero-order chi connectivity index (χ0) is 14.9. The molecule has 110 valence electrons. The number of carbonyl (C=O) groups excluding carboxylic acids is 1. The van der Waals surface area contributed by atoms with Crippen molar-refractivity contribution in [2.45, 2.75) is 38.5 Å². The van der Waals surface area contributed by atoms with Gasteiger partial charge in [-0.1, -0.05) is 55.5 Å². The van der Waals surface area contributed by atoms with Crippen LogP contribution in [0.1, 0.15) is 43.7 Å². The average Bonchev–Trinajstić information content (AvgIpc) is 3.21. The Labute approximate surface area is 128 Å². The molecule has 1 aliphatic rings. The van der Waals surface area contributed by atoms with Gasteiger partial charge in [0, 0.05) is 11.3 Å². The second-order valence-electron chi connectivity index (χ2n) is 5.66. The van der Waals surface area contributed by atoms with Crippen LogP contribution in [0.25, 0.3) is 0 Å². The molecule has 0 bridgehead atoms. The van der Waals surface area contributed by atoms with Crippen molar-refractivity contribution >= 4 is 22.4 Å². The second kappa shape index (κ2) is 5.56. The van der Waals surface area contributed by atoms with Crippen molar-refractivity contribution in [1.29, 1.82) is 0 Å². The molecule has 1 aromatic carbocycles. The Balaban J connectivity index is 1.78. The van der Waals surface area contributed by atoms with E-state index in [0.29, 0.717) is 5.13 Å². The molecular formula is C16H19N3OS. The fraction of sp³-hybridized carbons (Fsp3) is 0.438. The Morgan fingerprint density at radius 1 is 1.33 bits per heavy atom. The van der Waals surface area contributed by atoms with Gasteiger partial charge in [0.15, 0.2) is 0 Å². The maximum absolute atomic E-state index is 11.9. The van der Waals surface area contributed by atoms with Gasteiger partial charge in [0.1, 0.15) is 5.01 Å². The number of hydrogen-bond acceptors (Lipinski definition) is 4. The largest absolute Gasteiger partial charge is 0.300 e. The predicted molar refractivity (Wildman–Crippen MR) is 84.4 cm³/mol. The van der Waals surface area contributed by atoms with Crippen molar-refractivity contribution in [2.24, 2.45) is 5.92 Å². The molecule has 1 atom stereocenters. The van der Waals surface area contributed by atoms with Crippen molar-refractivity contribution in [3.63, 3.8) is 0 Å². The van der Waals surface area contributed by atoms with Crippen molar-refractivity contribution in [3.8, 4) is 0 Å². The van der Waals surface area contributed by atoms with Crippen LogP contribution in [0.5, 0.6) is 0 Å². The van der Waals surface area contributed by atoms with Crippen LogP contribution in [0.4, 0.5) is 5.13 Å². The van der Waals surface area contributed by atoms with Crippen molar-refractivity contribution in [3.05, 3.63) is 40.9 Å². The number of carbonyl (C=O) groups is 1. The standard InChI is InChI=1S/C16H19N3OS/c1-3-11(2)13(20)17-15-19-18-14(21-15)16(9-10-16)12-7-5-4-6-8-12/h4-8,11H,3,9-10H2,1-2H3,(H,17,19,20)/t11-/m1/s1. The summed E-state index contributed by atoms with van der Waals surface area (Å²) in [6.07, 6.45) is 3.03. The van der Waals surface area contributed by atoms with Gasteiger partial charge in [0.05, 0.1) is 0 Å². The second-order valence-corrected chi connectivity index (χ2v) is 6.64. The van der Waals surface area contributed by atoms with Crippen LogP contribution < -0.4 is 5.32 Å². The number of aromatic nitrogens is 2. The zero-order valence-corrected chi connectivity index (χ0v) is 13.1. The van der Waals surface area contributed by atoms with Crippen molar-refractivity contribution in [1.82, 2.24) is 10.2 Å². The molecule has 5 heteroatoms. The van der Waals surface area contributed by atoms with Gasteiger partial charge in [-0.05, 0) is 24.8 Å². The molecule has 0 spiro atoms. The van der Waals surface area contributed by atoms with E-state index in [2.05, 4.69) is 39.8 Å². The molecule has 1 aliphatic carbocycles. The third-order valence-corrected chi connectivity index (χ3v) is 5.24. The Kier molecular flexibility index (Phi) is 3.76. The summed E-state index contributed by atoms with van der Waals surface area (Å²) in [5.74, 6) is 0.0196. The Hall–Kier alpha value is -1.75. The molecule has 1 saturated carbocycles. The first-order valence-electron chi connectivity index (χ1n) is 7.36. The third-order valence-electron chi connectivity index (χ3n) is 4.20. The molecule has 3 rings (SSSR count). The highest BCUT2D eigenvalue weighted by Crippen LogP contribution is 2.54. The quantitative estimate of drug-likeness (QED) is 0.918. The van der Waals surface area contributed by atoms with Gasteiger partial charge in [0.2, 0.25) is 11.0 Å². The van der Waals surface area contributed by atoms with E-state index in [0.717, 1.165) is 24.3 Å². The van der Waals surface area contributed by atoms with Gasteiger partial charge in [-0.15, -0.1) is 10.2 Å². The molecule has 0 aliphatic heterocycles. The van der Waals surface area contributed by atoms with E-state index in [-0.39, 0.29) is 17.2 Å². The minimum atomic E-state index is 0.00126. The number of anilines is 1. The van der Waals surface area contributed by atoms with E-state index in [1.54, 1.807) is 0 Å². The SMILES string of the molecule is CC[C@@H](C)C(=O)Nc1nnc(C2(c3ccccc3)CC2)s1. The van der Waals surface area contributed by atoms with Crippen molar-refractivity contribution < 1.29 is 4.79 Å². The summed E-state index contributed by atoms with van der Waals surface area (Å²) < 4.78 is 0. The molecule has 0 saturated heterocycles. The van der Waals surface area contributed by atoms with Crippen LogP contribution >= 0.6 is 11.3 Å². The summed E-state index contributed by atoms with van der Waals surface area (Å²) in [4.78, 5) is 11.9. The molecule has 21 heavy (non-hydrogen) atoms. The van der Waals surface area contributed by atoms with E-state index < -0.39 is 0 Å². The third kappa shape index (κ3) is 2.70. The molecule has 1 N–H and O–H groups in total. The number of nitrogens with zero attached hydrogens (tertiary/aromatic N) is 2. The maximum Gasteiger partial charge on any atom is 0.229 e. The fourth-order valence-electron chi connectivity index (χ4n) is 2.39. The van der Waals surface area contributed by atoms with Crippen LogP contribution in [-0.2, 0) is 10.2 Å². The molecule has 1 aromatic heterocycles. The Morgan fingerprint density at radius 2 is 2.05 bits per heavy atom. The van der Waals surface area contributed by atoms with Gasteiger partial charge >= 0.3 is 0 Å². The minimum absolute atomic E-state index is 0.00126. The highest BCUT2D eigenvalue weighted by Gasteiger charge is 2.48. The number of benzene rings is 1. The molecule has 1 amide bonds. The molecule has 0 radical (unpaired) electrons. The number of amides is 1. The molecule has 2 aromatic rings. The molecule has 0 unspecified atom stereocenters. The summed E-state index contributed by atoms with van der Waals surface area (Å²) in [6, 6.07) is 10.4. The van der Waals surface area contributed by atoms with E-state index in [4.69, 9.17) is 0 Å². The summed E-state index contributed by atoms with van der Waals surface area (Å²) in [6.45, 7) is 3.92. The van der Waals surface area contributed by atoms with Gasteiger partial charge < -0.3 is 5.32 Å². The average molecular weight is 301 g/mol. The lowest BCUT2D eigenvalue weighted by molar-refractivity contribution is -0.119.